The van der Waals surface area contributed by atoms with Gasteiger partial charge in [0.15, 0.2) is 0 Å². The van der Waals surface area contributed by atoms with Crippen LogP contribution in [0.4, 0.5) is 0 Å². The minimum Gasteiger partial charge on any atom is -0.493 e. The molecule has 1 fully saturated rings. The van der Waals surface area contributed by atoms with Crippen molar-refractivity contribution in [2.75, 3.05) is 6.61 Å². The molecule has 4 heteroatoms. The molecule has 0 amide bonds. The number of aryl methyl sites for hydroxylation is 1. The Kier molecular flexibility index (Phi) is 4.83. The van der Waals surface area contributed by atoms with Crippen LogP contribution in [-0.4, -0.2) is 22.3 Å². The third-order valence-corrected chi connectivity index (χ3v) is 5.14. The minimum absolute atomic E-state index is 0.283. The fourth-order valence-corrected chi connectivity index (χ4v) is 3.86. The second-order valence-corrected chi connectivity index (χ2v) is 6.94. The fraction of sp³-hybridized carbons (Fsp3) is 0.409. The first kappa shape index (κ1) is 17.0. The van der Waals surface area contributed by atoms with Gasteiger partial charge in [-0.25, -0.2) is 0 Å². The first-order valence-corrected chi connectivity index (χ1v) is 9.62. The number of hydrogen-bond acceptors (Lipinski definition) is 3. The van der Waals surface area contributed by atoms with Gasteiger partial charge in [-0.1, -0.05) is 36.8 Å². The molecule has 1 heterocycles. The van der Waals surface area contributed by atoms with Crippen LogP contribution in [0, 0.1) is 0 Å². The summed E-state index contributed by atoms with van der Waals surface area (Å²) in [5.74, 6) is 0.887. The van der Waals surface area contributed by atoms with Gasteiger partial charge in [0.25, 0.3) is 6.01 Å². The summed E-state index contributed by atoms with van der Waals surface area (Å²) in [5.41, 5.74) is 4.22. The molecule has 0 atom stereocenters. The zero-order valence-corrected chi connectivity index (χ0v) is 15.6. The highest BCUT2D eigenvalue weighted by Crippen LogP contribution is 2.38. The van der Waals surface area contributed by atoms with Crippen molar-refractivity contribution < 1.29 is 9.47 Å². The first-order valence-electron chi connectivity index (χ1n) is 9.62. The molecule has 0 N–H and O–H groups in total. The number of rotatable bonds is 5. The molecule has 1 aliphatic rings. The number of benzene rings is 2. The fourth-order valence-electron chi connectivity index (χ4n) is 3.86. The van der Waals surface area contributed by atoms with Gasteiger partial charge >= 0.3 is 0 Å². The normalized spacial score (nSPS) is 15.3. The lowest BCUT2D eigenvalue weighted by Crippen LogP contribution is -2.21. The van der Waals surface area contributed by atoms with Crippen molar-refractivity contribution in [3.63, 3.8) is 0 Å². The second kappa shape index (κ2) is 7.40. The molecule has 0 bridgehead atoms. The Hall–Kier alpha value is -2.49. The van der Waals surface area contributed by atoms with Gasteiger partial charge in [0.2, 0.25) is 0 Å². The number of nitrogens with zero attached hydrogens (tertiary/aromatic N) is 2. The Morgan fingerprint density at radius 1 is 1.04 bits per heavy atom. The van der Waals surface area contributed by atoms with E-state index in [1.54, 1.807) is 0 Å². The van der Waals surface area contributed by atoms with Crippen LogP contribution in [0.2, 0.25) is 0 Å². The highest BCUT2D eigenvalue weighted by atomic mass is 16.5. The van der Waals surface area contributed by atoms with Crippen molar-refractivity contribution in [1.82, 2.24) is 9.55 Å². The molecular weight excluding hydrogens is 324 g/mol. The maximum atomic E-state index is 6.27. The molecule has 0 aliphatic heterocycles. The van der Waals surface area contributed by atoms with Crippen molar-refractivity contribution in [1.29, 1.82) is 0 Å². The van der Waals surface area contributed by atoms with Crippen LogP contribution in [0.3, 0.4) is 0 Å². The maximum Gasteiger partial charge on any atom is 0.297 e. The van der Waals surface area contributed by atoms with Gasteiger partial charge in [0.05, 0.1) is 17.6 Å². The van der Waals surface area contributed by atoms with E-state index in [4.69, 9.17) is 14.5 Å². The molecule has 0 spiro atoms. The standard InChI is InChI=1S/C22H26N2O2/c1-3-25-19-15-14-18-21(20(19)16-10-6-4-7-11-16)24(2)22(23-18)26-17-12-8-5-9-13-17/h4,6-7,10-11,14-15,17H,3,5,8-9,12-13H2,1-2H3. The number of aromatic nitrogens is 2. The molecule has 136 valence electrons. The van der Waals surface area contributed by atoms with E-state index in [0.717, 1.165) is 40.8 Å². The summed E-state index contributed by atoms with van der Waals surface area (Å²) in [7, 11) is 2.04. The molecule has 0 unspecified atom stereocenters. The average Bonchev–Trinajstić information content (AvgIpc) is 2.99. The molecule has 0 radical (unpaired) electrons. The summed E-state index contributed by atoms with van der Waals surface area (Å²) in [6.45, 7) is 2.65. The van der Waals surface area contributed by atoms with E-state index in [1.807, 2.05) is 32.2 Å². The van der Waals surface area contributed by atoms with Crippen LogP contribution in [0.25, 0.3) is 22.2 Å². The van der Waals surface area contributed by atoms with E-state index in [1.165, 1.54) is 19.3 Å². The third-order valence-electron chi connectivity index (χ3n) is 5.14. The zero-order chi connectivity index (χ0) is 17.9. The van der Waals surface area contributed by atoms with Crippen LogP contribution >= 0.6 is 0 Å². The Morgan fingerprint density at radius 2 is 1.81 bits per heavy atom. The van der Waals surface area contributed by atoms with E-state index < -0.39 is 0 Å². The third kappa shape index (κ3) is 3.16. The summed E-state index contributed by atoms with van der Waals surface area (Å²) < 4.78 is 14.3. The summed E-state index contributed by atoms with van der Waals surface area (Å²) in [4.78, 5) is 4.78. The minimum atomic E-state index is 0.283. The lowest BCUT2D eigenvalue weighted by atomic mass is 9.98. The average molecular weight is 350 g/mol. The van der Waals surface area contributed by atoms with Crippen molar-refractivity contribution in [3.8, 4) is 22.9 Å². The lowest BCUT2D eigenvalue weighted by molar-refractivity contribution is 0.138. The molecular formula is C22H26N2O2. The largest absolute Gasteiger partial charge is 0.493 e. The summed E-state index contributed by atoms with van der Waals surface area (Å²) in [6, 6.07) is 15.1. The van der Waals surface area contributed by atoms with Crippen LogP contribution in [0.15, 0.2) is 42.5 Å². The number of fused-ring (bicyclic) bond motifs is 1. The monoisotopic (exact) mass is 350 g/mol. The topological polar surface area (TPSA) is 36.3 Å². The summed E-state index contributed by atoms with van der Waals surface area (Å²) in [5, 5.41) is 0. The van der Waals surface area contributed by atoms with Gasteiger partial charge < -0.3 is 9.47 Å². The zero-order valence-electron chi connectivity index (χ0n) is 15.6. The van der Waals surface area contributed by atoms with Crippen LogP contribution in [0.1, 0.15) is 39.0 Å². The van der Waals surface area contributed by atoms with Crippen molar-refractivity contribution in [2.45, 2.75) is 45.1 Å². The Balaban J connectivity index is 1.82. The van der Waals surface area contributed by atoms with E-state index in [2.05, 4.69) is 28.8 Å². The highest BCUT2D eigenvalue weighted by Gasteiger charge is 2.21. The molecule has 26 heavy (non-hydrogen) atoms. The van der Waals surface area contributed by atoms with Gasteiger partial charge in [0, 0.05) is 12.6 Å². The van der Waals surface area contributed by atoms with Crippen LogP contribution in [-0.2, 0) is 7.05 Å². The van der Waals surface area contributed by atoms with Gasteiger partial charge in [-0.15, -0.1) is 0 Å². The highest BCUT2D eigenvalue weighted by molar-refractivity contribution is 5.96. The molecule has 4 nitrogen and oxygen atoms in total. The van der Waals surface area contributed by atoms with Gasteiger partial charge in [0.1, 0.15) is 11.9 Å². The van der Waals surface area contributed by atoms with E-state index in [9.17, 15) is 0 Å². The van der Waals surface area contributed by atoms with E-state index >= 15 is 0 Å². The SMILES string of the molecule is CCOc1ccc2nc(OC3CCCCC3)n(C)c2c1-c1ccccc1. The van der Waals surface area contributed by atoms with Gasteiger partial charge in [-0.2, -0.15) is 4.98 Å². The second-order valence-electron chi connectivity index (χ2n) is 6.94. The summed E-state index contributed by atoms with van der Waals surface area (Å²) in [6.07, 6.45) is 6.35. The van der Waals surface area contributed by atoms with Crippen molar-refractivity contribution >= 4 is 11.0 Å². The number of imidazole rings is 1. The van der Waals surface area contributed by atoms with Gasteiger partial charge in [-0.3, -0.25) is 4.57 Å². The summed E-state index contributed by atoms with van der Waals surface area (Å²) >= 11 is 0. The first-order chi connectivity index (χ1) is 12.8. The molecule has 4 rings (SSSR count). The van der Waals surface area contributed by atoms with Crippen LogP contribution in [0.5, 0.6) is 11.8 Å². The number of hydrogen-bond donors (Lipinski definition) is 0. The molecule has 1 aliphatic carbocycles. The predicted molar refractivity (Wildman–Crippen MR) is 105 cm³/mol. The van der Waals surface area contributed by atoms with E-state index in [-0.39, 0.29) is 6.10 Å². The van der Waals surface area contributed by atoms with Crippen molar-refractivity contribution in [3.05, 3.63) is 42.5 Å². The van der Waals surface area contributed by atoms with Gasteiger partial charge in [-0.05, 0) is 50.3 Å². The maximum absolute atomic E-state index is 6.27. The van der Waals surface area contributed by atoms with Crippen LogP contribution < -0.4 is 9.47 Å². The molecule has 0 saturated heterocycles. The lowest BCUT2D eigenvalue weighted by Gasteiger charge is -2.22. The Bertz CT molecular complexity index is 880. The van der Waals surface area contributed by atoms with Crippen molar-refractivity contribution in [2.24, 2.45) is 7.05 Å². The smallest absolute Gasteiger partial charge is 0.297 e. The quantitative estimate of drug-likeness (QED) is 0.622. The Labute approximate surface area is 154 Å². The molecule has 3 aromatic rings. The Morgan fingerprint density at radius 3 is 2.54 bits per heavy atom. The molecule has 2 aromatic carbocycles. The van der Waals surface area contributed by atoms with E-state index in [0.29, 0.717) is 12.6 Å². The predicted octanol–water partition coefficient (Wildman–Crippen LogP) is 5.35. The molecule has 1 saturated carbocycles. The number of ether oxygens (including phenoxy) is 2. The molecule has 1 aromatic heterocycles.